The first-order valence-electron chi connectivity index (χ1n) is 6.50. The molecule has 1 saturated heterocycles. The van der Waals surface area contributed by atoms with Crippen molar-refractivity contribution in [1.82, 2.24) is 4.98 Å². The van der Waals surface area contributed by atoms with Gasteiger partial charge in [0.25, 0.3) is 0 Å². The Balaban J connectivity index is 2.26. The highest BCUT2D eigenvalue weighted by atomic mass is 16.6. The molecule has 0 aromatic carbocycles. The Kier molecular flexibility index (Phi) is 4.55. The number of aromatic nitrogens is 1. The van der Waals surface area contributed by atoms with E-state index in [-0.39, 0.29) is 17.8 Å². The maximum Gasteiger partial charge on any atom is 0.376 e. The number of hydrogen-bond donors (Lipinski definition) is 0. The van der Waals surface area contributed by atoms with E-state index in [9.17, 15) is 4.79 Å². The summed E-state index contributed by atoms with van der Waals surface area (Å²) in [5.74, 6) is 0.135. The molecule has 1 aromatic heterocycles. The maximum atomic E-state index is 11.8. The zero-order valence-corrected chi connectivity index (χ0v) is 11.5. The second-order valence-corrected chi connectivity index (χ2v) is 4.58. The molecule has 0 radical (unpaired) electrons. The predicted octanol–water partition coefficient (Wildman–Crippen LogP) is 2.06. The molecule has 2 rings (SSSR count). The first-order chi connectivity index (χ1) is 9.13. The van der Waals surface area contributed by atoms with E-state index in [4.69, 9.17) is 18.6 Å². The van der Waals surface area contributed by atoms with Gasteiger partial charge in [0.2, 0.25) is 11.7 Å². The number of nitrogens with zero attached hydrogens (tertiary/aromatic N) is 1. The number of oxazole rings is 1. The van der Waals surface area contributed by atoms with Gasteiger partial charge >= 0.3 is 5.97 Å². The molecule has 1 unspecified atom stereocenters. The Morgan fingerprint density at radius 2 is 2.26 bits per heavy atom. The van der Waals surface area contributed by atoms with Crippen LogP contribution in [0.1, 0.15) is 54.9 Å². The molecule has 0 saturated carbocycles. The zero-order valence-electron chi connectivity index (χ0n) is 11.5. The number of rotatable bonds is 4. The molecule has 1 fully saturated rings. The van der Waals surface area contributed by atoms with E-state index in [1.165, 1.54) is 0 Å². The number of hydrogen-bond acceptors (Lipinski definition) is 6. The molecule has 106 valence electrons. The lowest BCUT2D eigenvalue weighted by molar-refractivity contribution is -0.0998. The van der Waals surface area contributed by atoms with Gasteiger partial charge < -0.3 is 18.6 Å². The largest absolute Gasteiger partial charge is 0.460 e. The van der Waals surface area contributed by atoms with Gasteiger partial charge in [0.15, 0.2) is 6.10 Å². The van der Waals surface area contributed by atoms with Crippen LogP contribution >= 0.6 is 0 Å². The fourth-order valence-electron chi connectivity index (χ4n) is 1.85. The van der Waals surface area contributed by atoms with Gasteiger partial charge in [-0.15, -0.1) is 0 Å². The molecule has 0 aliphatic carbocycles. The molecule has 19 heavy (non-hydrogen) atoms. The second kappa shape index (κ2) is 6.16. The SMILES string of the molecule is CCOC(=O)c1oc(C2COCCO2)nc1C(C)C. The molecule has 0 bridgehead atoms. The van der Waals surface area contributed by atoms with Gasteiger partial charge in [0.1, 0.15) is 0 Å². The molecule has 0 amide bonds. The zero-order chi connectivity index (χ0) is 13.8. The van der Waals surface area contributed by atoms with Crippen LogP contribution in [-0.4, -0.2) is 37.4 Å². The number of esters is 1. The van der Waals surface area contributed by atoms with Crippen molar-refractivity contribution in [3.05, 3.63) is 17.3 Å². The third kappa shape index (κ3) is 3.13. The summed E-state index contributed by atoms with van der Waals surface area (Å²) < 4.78 is 21.3. The topological polar surface area (TPSA) is 70.8 Å². The standard InChI is InChI=1S/C13H19NO5/c1-4-17-13(15)11-10(8(2)3)14-12(19-11)9-7-16-5-6-18-9/h8-9H,4-7H2,1-3H3. The average Bonchev–Trinajstić information content (AvgIpc) is 2.85. The third-order valence-electron chi connectivity index (χ3n) is 2.77. The van der Waals surface area contributed by atoms with E-state index in [0.29, 0.717) is 38.0 Å². The van der Waals surface area contributed by atoms with Gasteiger partial charge in [0, 0.05) is 0 Å². The van der Waals surface area contributed by atoms with Crippen molar-refractivity contribution in [3.63, 3.8) is 0 Å². The van der Waals surface area contributed by atoms with Crippen molar-refractivity contribution in [1.29, 1.82) is 0 Å². The van der Waals surface area contributed by atoms with Gasteiger partial charge in [-0.2, -0.15) is 0 Å². The summed E-state index contributed by atoms with van der Waals surface area (Å²) in [7, 11) is 0. The van der Waals surface area contributed by atoms with Crippen LogP contribution in [0.3, 0.4) is 0 Å². The molecule has 6 heteroatoms. The van der Waals surface area contributed by atoms with E-state index < -0.39 is 5.97 Å². The van der Waals surface area contributed by atoms with Crippen LogP contribution in [0.25, 0.3) is 0 Å². The van der Waals surface area contributed by atoms with Crippen LogP contribution in [0.5, 0.6) is 0 Å². The molecule has 0 N–H and O–H groups in total. The Morgan fingerprint density at radius 1 is 1.47 bits per heavy atom. The minimum Gasteiger partial charge on any atom is -0.460 e. The highest BCUT2D eigenvalue weighted by molar-refractivity contribution is 5.87. The van der Waals surface area contributed by atoms with Gasteiger partial charge in [0.05, 0.1) is 32.1 Å². The molecule has 1 aromatic rings. The number of carbonyl (C=O) groups excluding carboxylic acids is 1. The van der Waals surface area contributed by atoms with Crippen molar-refractivity contribution in [3.8, 4) is 0 Å². The van der Waals surface area contributed by atoms with E-state index in [0.717, 1.165) is 0 Å². The molecule has 0 spiro atoms. The van der Waals surface area contributed by atoms with Gasteiger partial charge in [-0.3, -0.25) is 0 Å². The normalized spacial score (nSPS) is 19.7. The second-order valence-electron chi connectivity index (χ2n) is 4.58. The molecular formula is C13H19NO5. The Bertz CT molecular complexity index is 434. The van der Waals surface area contributed by atoms with Crippen LogP contribution < -0.4 is 0 Å². The van der Waals surface area contributed by atoms with Crippen molar-refractivity contribution < 1.29 is 23.4 Å². The van der Waals surface area contributed by atoms with E-state index >= 15 is 0 Å². The van der Waals surface area contributed by atoms with Gasteiger partial charge in [-0.25, -0.2) is 9.78 Å². The molecule has 1 atom stereocenters. The monoisotopic (exact) mass is 269 g/mol. The Labute approximate surface area is 112 Å². The van der Waals surface area contributed by atoms with Crippen molar-refractivity contribution in [2.24, 2.45) is 0 Å². The fourth-order valence-corrected chi connectivity index (χ4v) is 1.85. The van der Waals surface area contributed by atoms with Crippen LogP contribution in [-0.2, 0) is 14.2 Å². The fraction of sp³-hybridized carbons (Fsp3) is 0.692. The summed E-state index contributed by atoms with van der Waals surface area (Å²) in [6.45, 7) is 7.40. The van der Waals surface area contributed by atoms with Crippen LogP contribution in [0.4, 0.5) is 0 Å². The number of carbonyl (C=O) groups is 1. The molecule has 2 heterocycles. The lowest BCUT2D eigenvalue weighted by atomic mass is 10.1. The summed E-state index contributed by atoms with van der Waals surface area (Å²) in [6, 6.07) is 0. The average molecular weight is 269 g/mol. The quantitative estimate of drug-likeness (QED) is 0.779. The predicted molar refractivity (Wildman–Crippen MR) is 66.1 cm³/mol. The van der Waals surface area contributed by atoms with Crippen LogP contribution in [0, 0.1) is 0 Å². The molecule has 6 nitrogen and oxygen atoms in total. The highest BCUT2D eigenvalue weighted by Crippen LogP contribution is 2.27. The van der Waals surface area contributed by atoms with Crippen molar-refractivity contribution >= 4 is 5.97 Å². The lowest BCUT2D eigenvalue weighted by Crippen LogP contribution is -2.22. The van der Waals surface area contributed by atoms with Gasteiger partial charge in [-0.05, 0) is 12.8 Å². The minimum absolute atomic E-state index is 0.0708. The van der Waals surface area contributed by atoms with E-state index in [2.05, 4.69) is 4.98 Å². The Hall–Kier alpha value is -1.40. The van der Waals surface area contributed by atoms with Gasteiger partial charge in [-0.1, -0.05) is 13.8 Å². The summed E-state index contributed by atoms with van der Waals surface area (Å²) in [5, 5.41) is 0. The van der Waals surface area contributed by atoms with Crippen molar-refractivity contribution in [2.75, 3.05) is 26.4 Å². The molecule has 1 aliphatic heterocycles. The number of ether oxygens (including phenoxy) is 3. The Morgan fingerprint density at radius 3 is 2.84 bits per heavy atom. The van der Waals surface area contributed by atoms with Crippen LogP contribution in [0.15, 0.2) is 4.42 Å². The smallest absolute Gasteiger partial charge is 0.376 e. The van der Waals surface area contributed by atoms with E-state index in [1.807, 2.05) is 13.8 Å². The molecule has 1 aliphatic rings. The highest BCUT2D eigenvalue weighted by Gasteiger charge is 2.28. The minimum atomic E-state index is -0.485. The van der Waals surface area contributed by atoms with Crippen LogP contribution in [0.2, 0.25) is 0 Å². The first kappa shape index (κ1) is 14.0. The summed E-state index contributed by atoms with van der Waals surface area (Å²) in [6.07, 6.45) is -0.352. The molecular weight excluding hydrogens is 250 g/mol. The van der Waals surface area contributed by atoms with E-state index in [1.54, 1.807) is 6.92 Å². The third-order valence-corrected chi connectivity index (χ3v) is 2.77. The summed E-state index contributed by atoms with van der Waals surface area (Å²) in [5.41, 5.74) is 0.600. The lowest BCUT2D eigenvalue weighted by Gasteiger charge is -2.19. The summed E-state index contributed by atoms with van der Waals surface area (Å²) >= 11 is 0. The maximum absolute atomic E-state index is 11.8. The van der Waals surface area contributed by atoms with Crippen molar-refractivity contribution in [2.45, 2.75) is 32.8 Å². The first-order valence-corrected chi connectivity index (χ1v) is 6.50. The summed E-state index contributed by atoms with van der Waals surface area (Å²) in [4.78, 5) is 16.2.